The highest BCUT2D eigenvalue weighted by atomic mass is 32.2. The summed E-state index contributed by atoms with van der Waals surface area (Å²) < 4.78 is 56.8. The monoisotopic (exact) mass is 466 g/mol. The van der Waals surface area contributed by atoms with E-state index in [-0.39, 0.29) is 29.6 Å². The van der Waals surface area contributed by atoms with Crippen molar-refractivity contribution in [3.63, 3.8) is 0 Å². The van der Waals surface area contributed by atoms with Gasteiger partial charge in [-0.2, -0.15) is 0 Å². The van der Waals surface area contributed by atoms with Gasteiger partial charge in [0.2, 0.25) is 15.9 Å². The van der Waals surface area contributed by atoms with Gasteiger partial charge in [0, 0.05) is 25.6 Å². The molecule has 2 aromatic carbocycles. The number of rotatable bonds is 11. The highest BCUT2D eigenvalue weighted by Crippen LogP contribution is 2.32. The third-order valence-corrected chi connectivity index (χ3v) is 6.36. The van der Waals surface area contributed by atoms with Crippen LogP contribution in [0.4, 0.5) is 4.39 Å². The first kappa shape index (κ1) is 23.8. The number of methoxy groups -OCH3 is 1. The van der Waals surface area contributed by atoms with Gasteiger partial charge in [0.15, 0.2) is 23.1 Å². The van der Waals surface area contributed by atoms with E-state index in [9.17, 15) is 17.6 Å². The van der Waals surface area contributed by atoms with Gasteiger partial charge in [-0.3, -0.25) is 4.79 Å². The lowest BCUT2D eigenvalue weighted by Crippen LogP contribution is -2.25. The van der Waals surface area contributed by atoms with E-state index in [0.29, 0.717) is 56.0 Å². The predicted octanol–water partition coefficient (Wildman–Crippen LogP) is 2.76. The van der Waals surface area contributed by atoms with Crippen molar-refractivity contribution in [2.24, 2.45) is 0 Å². The Morgan fingerprint density at radius 3 is 2.59 bits per heavy atom. The summed E-state index contributed by atoms with van der Waals surface area (Å²) in [6.07, 6.45) is 2.22. The van der Waals surface area contributed by atoms with Crippen LogP contribution < -0.4 is 24.2 Å². The Bertz CT molecular complexity index is 1040. The van der Waals surface area contributed by atoms with Crippen LogP contribution in [0.3, 0.4) is 0 Å². The first-order valence-electron chi connectivity index (χ1n) is 10.4. The fourth-order valence-corrected chi connectivity index (χ4v) is 4.27. The number of carbonyl (C=O) groups excluding carboxylic acids is 1. The normalized spacial score (nSPS) is 12.9. The topological polar surface area (TPSA) is 103 Å². The maximum Gasteiger partial charge on any atom is 0.240 e. The van der Waals surface area contributed by atoms with Crippen LogP contribution >= 0.6 is 0 Å². The molecule has 174 valence electrons. The highest BCUT2D eigenvalue weighted by molar-refractivity contribution is 7.89. The molecule has 1 amide bonds. The van der Waals surface area contributed by atoms with Gasteiger partial charge in [-0.1, -0.05) is 12.5 Å². The molecule has 1 heterocycles. The van der Waals surface area contributed by atoms with E-state index in [0.717, 1.165) is 0 Å². The second-order valence-corrected chi connectivity index (χ2v) is 9.03. The Labute approximate surface area is 187 Å². The second kappa shape index (κ2) is 11.1. The molecule has 0 unspecified atom stereocenters. The number of halogens is 1. The van der Waals surface area contributed by atoms with Gasteiger partial charge >= 0.3 is 0 Å². The van der Waals surface area contributed by atoms with E-state index >= 15 is 0 Å². The largest absolute Gasteiger partial charge is 0.494 e. The minimum atomic E-state index is -3.65. The van der Waals surface area contributed by atoms with Gasteiger partial charge in [-0.05, 0) is 42.7 Å². The van der Waals surface area contributed by atoms with Crippen LogP contribution in [0.1, 0.15) is 31.2 Å². The van der Waals surface area contributed by atoms with Crippen LogP contribution in [0.25, 0.3) is 0 Å². The number of ether oxygens (including phenoxy) is 3. The van der Waals surface area contributed by atoms with Crippen molar-refractivity contribution >= 4 is 15.9 Å². The first-order valence-corrected chi connectivity index (χ1v) is 11.9. The van der Waals surface area contributed by atoms with Crippen molar-refractivity contribution in [2.75, 3.05) is 26.9 Å². The molecule has 2 N–H and O–H groups in total. The van der Waals surface area contributed by atoms with E-state index < -0.39 is 15.8 Å². The molecular weight excluding hydrogens is 439 g/mol. The molecule has 2 aromatic rings. The van der Waals surface area contributed by atoms with E-state index in [1.54, 1.807) is 12.1 Å². The fourth-order valence-electron chi connectivity index (χ4n) is 3.18. The molecule has 3 rings (SSSR count). The number of benzene rings is 2. The Hall–Kier alpha value is -2.85. The minimum Gasteiger partial charge on any atom is -0.494 e. The summed E-state index contributed by atoms with van der Waals surface area (Å²) in [6, 6.07) is 9.05. The zero-order valence-electron chi connectivity index (χ0n) is 17.9. The maximum atomic E-state index is 13.7. The molecule has 0 bridgehead atoms. The number of unbranched alkanes of at least 4 members (excludes halogenated alkanes) is 2. The van der Waals surface area contributed by atoms with Gasteiger partial charge in [0.25, 0.3) is 0 Å². The number of nitrogens with one attached hydrogen (secondary N) is 2. The third kappa shape index (κ3) is 6.57. The van der Waals surface area contributed by atoms with E-state index in [1.807, 2.05) is 0 Å². The molecule has 10 heteroatoms. The number of sulfonamides is 1. The fraction of sp³-hybridized carbons (Fsp3) is 0.409. The molecule has 32 heavy (non-hydrogen) atoms. The van der Waals surface area contributed by atoms with Gasteiger partial charge in [0.1, 0.15) is 13.2 Å². The average molecular weight is 467 g/mol. The zero-order chi connectivity index (χ0) is 23.0. The first-order chi connectivity index (χ1) is 15.4. The molecule has 1 aliphatic rings. The van der Waals surface area contributed by atoms with E-state index in [2.05, 4.69) is 10.0 Å². The molecule has 0 atom stereocenters. The minimum absolute atomic E-state index is 0.121. The summed E-state index contributed by atoms with van der Waals surface area (Å²) in [5, 5.41) is 2.75. The van der Waals surface area contributed by atoms with Crippen molar-refractivity contribution in [3.8, 4) is 17.2 Å². The predicted molar refractivity (Wildman–Crippen MR) is 116 cm³/mol. The Morgan fingerprint density at radius 2 is 1.84 bits per heavy atom. The third-order valence-electron chi connectivity index (χ3n) is 4.90. The lowest BCUT2D eigenvalue weighted by molar-refractivity contribution is -0.121. The average Bonchev–Trinajstić information content (AvgIpc) is 2.79. The van der Waals surface area contributed by atoms with Crippen LogP contribution in [-0.2, 0) is 21.4 Å². The molecule has 1 aliphatic heterocycles. The van der Waals surface area contributed by atoms with Gasteiger partial charge < -0.3 is 19.5 Å². The Kier molecular flexibility index (Phi) is 8.29. The van der Waals surface area contributed by atoms with Crippen LogP contribution in [0, 0.1) is 5.82 Å². The van der Waals surface area contributed by atoms with Crippen LogP contribution in [0.2, 0.25) is 0 Å². The van der Waals surface area contributed by atoms with Crippen LogP contribution in [0.15, 0.2) is 41.3 Å². The zero-order valence-corrected chi connectivity index (χ0v) is 18.7. The summed E-state index contributed by atoms with van der Waals surface area (Å²) in [6.45, 7) is 1.32. The van der Waals surface area contributed by atoms with Crippen molar-refractivity contribution in [1.82, 2.24) is 10.0 Å². The SMILES string of the molecule is COc1ccc(CNC(=O)CCCCCNS(=O)(=O)c2ccc3c(c2)OCCO3)cc1F. The molecule has 8 nitrogen and oxygen atoms in total. The molecule has 0 fully saturated rings. The van der Waals surface area contributed by atoms with E-state index in [4.69, 9.17) is 14.2 Å². The maximum absolute atomic E-state index is 13.7. The second-order valence-electron chi connectivity index (χ2n) is 7.26. The number of carbonyl (C=O) groups is 1. The Morgan fingerprint density at radius 1 is 1.06 bits per heavy atom. The van der Waals surface area contributed by atoms with Gasteiger partial charge in [-0.15, -0.1) is 0 Å². The summed E-state index contributed by atoms with van der Waals surface area (Å²) in [5.74, 6) is 0.494. The summed E-state index contributed by atoms with van der Waals surface area (Å²) >= 11 is 0. The summed E-state index contributed by atoms with van der Waals surface area (Å²) in [4.78, 5) is 12.1. The molecule has 0 saturated carbocycles. The number of amides is 1. The molecule has 0 aliphatic carbocycles. The van der Waals surface area contributed by atoms with Crippen LogP contribution in [-0.4, -0.2) is 41.2 Å². The summed E-state index contributed by atoms with van der Waals surface area (Å²) in [7, 11) is -2.26. The van der Waals surface area contributed by atoms with E-state index in [1.165, 1.54) is 31.4 Å². The Balaban J connectivity index is 1.33. The smallest absolute Gasteiger partial charge is 0.240 e. The molecule has 0 saturated heterocycles. The standard InChI is InChI=1S/C22H27FN2O6S/c1-29-19-8-6-16(13-18(19)23)15-24-22(26)5-3-2-4-10-25-32(27,28)17-7-9-20-21(14-17)31-12-11-30-20/h6-9,13-14,25H,2-5,10-12,15H2,1H3,(H,24,26). The molecule has 0 radical (unpaired) electrons. The lowest BCUT2D eigenvalue weighted by atomic mass is 10.1. The van der Waals surface area contributed by atoms with Gasteiger partial charge in [-0.25, -0.2) is 17.5 Å². The van der Waals surface area contributed by atoms with Crippen molar-refractivity contribution in [1.29, 1.82) is 0 Å². The summed E-state index contributed by atoms with van der Waals surface area (Å²) in [5.41, 5.74) is 0.644. The lowest BCUT2D eigenvalue weighted by Gasteiger charge is -2.18. The van der Waals surface area contributed by atoms with Crippen LogP contribution in [0.5, 0.6) is 17.2 Å². The quantitative estimate of drug-likeness (QED) is 0.494. The molecule has 0 aromatic heterocycles. The van der Waals surface area contributed by atoms with Gasteiger partial charge in [0.05, 0.1) is 12.0 Å². The number of hydrogen-bond acceptors (Lipinski definition) is 6. The number of fused-ring (bicyclic) bond motifs is 1. The number of hydrogen-bond donors (Lipinski definition) is 2. The van der Waals surface area contributed by atoms with Crippen molar-refractivity contribution in [3.05, 3.63) is 47.8 Å². The molecular formula is C22H27FN2O6S. The highest BCUT2D eigenvalue weighted by Gasteiger charge is 2.19. The van der Waals surface area contributed by atoms with Crippen molar-refractivity contribution < 1.29 is 31.8 Å². The molecule has 0 spiro atoms. The van der Waals surface area contributed by atoms with Crippen molar-refractivity contribution in [2.45, 2.75) is 37.1 Å².